The van der Waals surface area contributed by atoms with Crippen molar-refractivity contribution in [2.75, 3.05) is 5.73 Å². The summed E-state index contributed by atoms with van der Waals surface area (Å²) < 4.78 is 12.2. The van der Waals surface area contributed by atoms with E-state index in [0.29, 0.717) is 21.4 Å². The molecule has 2 rings (SSSR count). The predicted octanol–water partition coefficient (Wildman–Crippen LogP) is 2.93. The molecule has 0 aliphatic rings. The van der Waals surface area contributed by atoms with E-state index in [4.69, 9.17) is 17.3 Å². The second-order valence-electron chi connectivity index (χ2n) is 3.95. The summed E-state index contributed by atoms with van der Waals surface area (Å²) in [5, 5.41) is 0.432. The number of hydrogen-bond acceptors (Lipinski definition) is 3. The van der Waals surface area contributed by atoms with E-state index in [9.17, 15) is 4.21 Å². The van der Waals surface area contributed by atoms with Crippen molar-refractivity contribution in [3.63, 3.8) is 0 Å². The smallest absolute Gasteiger partial charge is 0.0708 e. The van der Waals surface area contributed by atoms with Crippen LogP contribution in [0, 0.1) is 6.92 Å². The number of pyridine rings is 1. The van der Waals surface area contributed by atoms with E-state index in [2.05, 4.69) is 4.98 Å². The zero-order chi connectivity index (χ0) is 13.1. The Kier molecular flexibility index (Phi) is 3.99. The Hall–Kier alpha value is -1.39. The van der Waals surface area contributed by atoms with Crippen molar-refractivity contribution in [3.8, 4) is 0 Å². The molecule has 2 N–H and O–H groups in total. The van der Waals surface area contributed by atoms with E-state index in [1.165, 1.54) is 0 Å². The molecule has 1 atom stereocenters. The normalized spacial score (nSPS) is 12.3. The van der Waals surface area contributed by atoms with Gasteiger partial charge in [0.1, 0.15) is 0 Å². The van der Waals surface area contributed by atoms with Crippen molar-refractivity contribution in [1.29, 1.82) is 0 Å². The number of halogens is 1. The maximum atomic E-state index is 12.2. The Balaban J connectivity index is 2.25. The fraction of sp³-hybridized carbons (Fsp3) is 0.154. The van der Waals surface area contributed by atoms with Crippen molar-refractivity contribution in [3.05, 3.63) is 52.8 Å². The summed E-state index contributed by atoms with van der Waals surface area (Å²) in [7, 11) is -1.21. The lowest BCUT2D eigenvalue weighted by molar-refractivity contribution is 0.682. The van der Waals surface area contributed by atoms with Crippen molar-refractivity contribution in [2.24, 2.45) is 0 Å². The van der Waals surface area contributed by atoms with Crippen LogP contribution in [0.5, 0.6) is 0 Å². The minimum Gasteiger partial charge on any atom is -0.399 e. The van der Waals surface area contributed by atoms with E-state index >= 15 is 0 Å². The van der Waals surface area contributed by atoms with Crippen molar-refractivity contribution >= 4 is 28.1 Å². The first-order valence-corrected chi connectivity index (χ1v) is 7.11. The number of nitrogens with zero attached hydrogens (tertiary/aromatic N) is 1. The van der Waals surface area contributed by atoms with Crippen molar-refractivity contribution in [2.45, 2.75) is 17.6 Å². The molecule has 18 heavy (non-hydrogen) atoms. The molecule has 1 aromatic heterocycles. The van der Waals surface area contributed by atoms with E-state index in [0.717, 1.165) is 11.3 Å². The third kappa shape index (κ3) is 2.89. The first kappa shape index (κ1) is 13.1. The van der Waals surface area contributed by atoms with Crippen LogP contribution in [0.3, 0.4) is 0 Å². The standard InChI is InChI=1S/C13H13ClN2OS/c1-9-3-2-6-16-12(9)8-18(17)13-5-4-10(15)7-11(13)14/h2-7H,8,15H2,1H3. The Morgan fingerprint density at radius 3 is 2.83 bits per heavy atom. The largest absolute Gasteiger partial charge is 0.399 e. The van der Waals surface area contributed by atoms with Gasteiger partial charge in [-0.15, -0.1) is 0 Å². The van der Waals surface area contributed by atoms with Gasteiger partial charge in [0, 0.05) is 11.9 Å². The Morgan fingerprint density at radius 2 is 2.17 bits per heavy atom. The number of aryl methyl sites for hydroxylation is 1. The Morgan fingerprint density at radius 1 is 1.39 bits per heavy atom. The monoisotopic (exact) mass is 280 g/mol. The summed E-state index contributed by atoms with van der Waals surface area (Å²) >= 11 is 6.04. The van der Waals surface area contributed by atoms with E-state index < -0.39 is 10.8 Å². The highest BCUT2D eigenvalue weighted by molar-refractivity contribution is 7.84. The summed E-state index contributed by atoms with van der Waals surface area (Å²) in [5.74, 6) is 0.357. The lowest BCUT2D eigenvalue weighted by atomic mass is 10.2. The average molecular weight is 281 g/mol. The highest BCUT2D eigenvalue weighted by Crippen LogP contribution is 2.24. The molecule has 2 aromatic rings. The molecule has 0 fully saturated rings. The molecule has 0 amide bonds. The van der Waals surface area contributed by atoms with Gasteiger partial charge in [-0.2, -0.15) is 0 Å². The van der Waals surface area contributed by atoms with E-state index in [1.54, 1.807) is 24.4 Å². The number of benzene rings is 1. The third-order valence-electron chi connectivity index (χ3n) is 2.59. The maximum Gasteiger partial charge on any atom is 0.0708 e. The summed E-state index contributed by atoms with van der Waals surface area (Å²) in [6, 6.07) is 8.82. The van der Waals surface area contributed by atoms with Crippen LogP contribution >= 0.6 is 11.6 Å². The molecule has 1 aromatic carbocycles. The van der Waals surface area contributed by atoms with Crippen LogP contribution in [-0.4, -0.2) is 9.19 Å². The highest BCUT2D eigenvalue weighted by Gasteiger charge is 2.11. The van der Waals surface area contributed by atoms with E-state index in [1.807, 2.05) is 19.1 Å². The van der Waals surface area contributed by atoms with Crippen LogP contribution in [0.25, 0.3) is 0 Å². The van der Waals surface area contributed by atoms with Crippen LogP contribution in [0.15, 0.2) is 41.4 Å². The SMILES string of the molecule is Cc1cccnc1CS(=O)c1ccc(N)cc1Cl. The molecular weight excluding hydrogens is 268 g/mol. The first-order chi connectivity index (χ1) is 8.58. The maximum absolute atomic E-state index is 12.2. The molecule has 1 heterocycles. The molecule has 0 aliphatic heterocycles. The molecule has 3 nitrogen and oxygen atoms in total. The third-order valence-corrected chi connectivity index (χ3v) is 4.39. The Bertz CT molecular complexity index is 601. The topological polar surface area (TPSA) is 56.0 Å². The van der Waals surface area contributed by atoms with Gasteiger partial charge in [0.15, 0.2) is 0 Å². The highest BCUT2D eigenvalue weighted by atomic mass is 35.5. The number of anilines is 1. The number of aromatic nitrogens is 1. The van der Waals surface area contributed by atoms with Gasteiger partial charge in [0.05, 0.1) is 32.2 Å². The fourth-order valence-electron chi connectivity index (χ4n) is 1.57. The molecular formula is C13H13ClN2OS. The van der Waals surface area contributed by atoms with Gasteiger partial charge in [-0.05, 0) is 36.8 Å². The molecule has 94 valence electrons. The predicted molar refractivity (Wildman–Crippen MR) is 75.0 cm³/mol. The molecule has 5 heteroatoms. The van der Waals surface area contributed by atoms with Gasteiger partial charge < -0.3 is 5.73 Å². The molecule has 0 aliphatic carbocycles. The molecule has 0 bridgehead atoms. The van der Waals surface area contributed by atoms with Gasteiger partial charge in [-0.1, -0.05) is 17.7 Å². The molecule has 0 saturated heterocycles. The van der Waals surface area contributed by atoms with Crippen LogP contribution < -0.4 is 5.73 Å². The average Bonchev–Trinajstić information content (AvgIpc) is 2.32. The zero-order valence-corrected chi connectivity index (χ0v) is 11.5. The fourth-order valence-corrected chi connectivity index (χ4v) is 3.22. The van der Waals surface area contributed by atoms with Crippen molar-refractivity contribution in [1.82, 2.24) is 4.98 Å². The number of nitrogen functional groups attached to an aromatic ring is 1. The summed E-state index contributed by atoms with van der Waals surface area (Å²) in [6.07, 6.45) is 1.70. The van der Waals surface area contributed by atoms with Gasteiger partial charge in [0.25, 0.3) is 0 Å². The van der Waals surface area contributed by atoms with Gasteiger partial charge in [0.2, 0.25) is 0 Å². The van der Waals surface area contributed by atoms with Crippen LogP contribution in [0.2, 0.25) is 5.02 Å². The zero-order valence-electron chi connectivity index (χ0n) is 9.89. The summed E-state index contributed by atoms with van der Waals surface area (Å²) in [5.41, 5.74) is 8.02. The number of nitrogens with two attached hydrogens (primary N) is 1. The molecule has 1 unspecified atom stereocenters. The van der Waals surface area contributed by atoms with Crippen LogP contribution in [0.4, 0.5) is 5.69 Å². The summed E-state index contributed by atoms with van der Waals surface area (Å²) in [4.78, 5) is 4.82. The first-order valence-electron chi connectivity index (χ1n) is 5.42. The van der Waals surface area contributed by atoms with Gasteiger partial charge in [-0.25, -0.2) is 0 Å². The second-order valence-corrected chi connectivity index (χ2v) is 5.77. The van der Waals surface area contributed by atoms with E-state index in [-0.39, 0.29) is 0 Å². The number of hydrogen-bond donors (Lipinski definition) is 1. The van der Waals surface area contributed by atoms with Crippen LogP contribution in [0.1, 0.15) is 11.3 Å². The quantitative estimate of drug-likeness (QED) is 0.880. The number of rotatable bonds is 3. The molecule has 0 radical (unpaired) electrons. The summed E-state index contributed by atoms with van der Waals surface area (Å²) in [6.45, 7) is 1.95. The lowest BCUT2D eigenvalue weighted by Crippen LogP contribution is -2.01. The Labute approximate surface area is 113 Å². The minimum absolute atomic E-state index is 0.357. The van der Waals surface area contributed by atoms with Crippen LogP contribution in [-0.2, 0) is 16.6 Å². The van der Waals surface area contributed by atoms with Crippen molar-refractivity contribution < 1.29 is 4.21 Å². The molecule has 0 saturated carbocycles. The minimum atomic E-state index is -1.21. The molecule has 0 spiro atoms. The second kappa shape index (κ2) is 5.50. The lowest BCUT2D eigenvalue weighted by Gasteiger charge is -2.07. The van der Waals surface area contributed by atoms with Gasteiger partial charge >= 0.3 is 0 Å². The van der Waals surface area contributed by atoms with Gasteiger partial charge in [-0.3, -0.25) is 9.19 Å².